The number of hydrogen-bond donors (Lipinski definition) is 2. The van der Waals surface area contributed by atoms with Crippen LogP contribution >= 0.6 is 11.6 Å². The van der Waals surface area contributed by atoms with E-state index in [1.54, 1.807) is 24.3 Å². The molecule has 0 bridgehead atoms. The molecule has 0 unspecified atom stereocenters. The first-order chi connectivity index (χ1) is 12.8. The van der Waals surface area contributed by atoms with E-state index in [1.165, 1.54) is 12.5 Å². The van der Waals surface area contributed by atoms with Crippen LogP contribution in [-0.4, -0.2) is 68.8 Å². The fourth-order valence-electron chi connectivity index (χ4n) is 2.64. The average molecular weight is 423 g/mol. The summed E-state index contributed by atoms with van der Waals surface area (Å²) >= 11 is 5.80. The van der Waals surface area contributed by atoms with E-state index in [0.29, 0.717) is 10.8 Å². The predicted molar refractivity (Wildman–Crippen MR) is 97.6 cm³/mol. The second-order valence-corrected chi connectivity index (χ2v) is 8.69. The van der Waals surface area contributed by atoms with Crippen molar-refractivity contribution < 1.29 is 32.6 Å². The first-order valence-electron chi connectivity index (χ1n) is 8.30. The molecule has 1 aliphatic rings. The van der Waals surface area contributed by atoms with Gasteiger partial charge in [0.05, 0.1) is 13.2 Å². The van der Waals surface area contributed by atoms with Crippen molar-refractivity contribution in [1.29, 1.82) is 0 Å². The molecule has 0 saturated carbocycles. The molecule has 1 heterocycles. The molecule has 1 aromatic carbocycles. The van der Waals surface area contributed by atoms with Crippen LogP contribution in [0.25, 0.3) is 0 Å². The van der Waals surface area contributed by atoms with E-state index in [0.717, 1.165) is 4.31 Å². The third-order valence-electron chi connectivity index (χ3n) is 4.21. The summed E-state index contributed by atoms with van der Waals surface area (Å²) < 4.78 is 42.5. The standard InChI is InChI=1S/C16H23ClN2O7S/c1-19(8-11-25-14-4-2-13(17)3-5-14)27(22,23)12-16(26-15(20)18-21)6-9-24-10-7-16/h2-5,21H,6-12H2,1H3,(H,18,20). The molecule has 2 N–H and O–H groups in total. The van der Waals surface area contributed by atoms with Gasteiger partial charge in [-0.25, -0.2) is 23.0 Å². The van der Waals surface area contributed by atoms with Crippen LogP contribution in [0.5, 0.6) is 5.75 Å². The Balaban J connectivity index is 1.95. The number of likely N-dealkylation sites (N-methyl/N-ethyl adjacent to an activating group) is 1. The lowest BCUT2D eigenvalue weighted by Crippen LogP contribution is -2.50. The van der Waals surface area contributed by atoms with E-state index in [1.807, 2.05) is 0 Å². The van der Waals surface area contributed by atoms with Gasteiger partial charge < -0.3 is 14.2 Å². The number of amides is 1. The minimum atomic E-state index is -3.74. The molecule has 1 aromatic rings. The molecular formula is C16H23ClN2O7S. The van der Waals surface area contributed by atoms with Gasteiger partial charge in [0.25, 0.3) is 0 Å². The number of halogens is 1. The van der Waals surface area contributed by atoms with Crippen LogP contribution in [0.15, 0.2) is 24.3 Å². The molecule has 0 spiro atoms. The Morgan fingerprint density at radius 1 is 1.33 bits per heavy atom. The van der Waals surface area contributed by atoms with Crippen LogP contribution in [0.2, 0.25) is 5.02 Å². The van der Waals surface area contributed by atoms with Crippen molar-refractivity contribution in [2.45, 2.75) is 18.4 Å². The number of nitrogens with one attached hydrogen (secondary N) is 1. The van der Waals surface area contributed by atoms with Crippen LogP contribution in [0.4, 0.5) is 4.79 Å². The quantitative estimate of drug-likeness (QED) is 0.483. The summed E-state index contributed by atoms with van der Waals surface area (Å²) in [7, 11) is -2.31. The number of hydroxylamine groups is 1. The maximum absolute atomic E-state index is 12.7. The molecule has 0 radical (unpaired) electrons. The van der Waals surface area contributed by atoms with Gasteiger partial charge in [-0.15, -0.1) is 0 Å². The Morgan fingerprint density at radius 2 is 1.96 bits per heavy atom. The fourth-order valence-corrected chi connectivity index (χ4v) is 4.35. The Hall–Kier alpha value is -1.59. The zero-order valence-corrected chi connectivity index (χ0v) is 16.5. The molecule has 1 aliphatic heterocycles. The summed E-state index contributed by atoms with van der Waals surface area (Å²) in [6, 6.07) is 6.73. The minimum Gasteiger partial charge on any atom is -0.492 e. The van der Waals surface area contributed by atoms with Crippen molar-refractivity contribution in [3.05, 3.63) is 29.3 Å². The van der Waals surface area contributed by atoms with E-state index in [2.05, 4.69) is 0 Å². The normalized spacial score (nSPS) is 16.7. The number of nitrogens with zero attached hydrogens (tertiary/aromatic N) is 1. The highest BCUT2D eigenvalue weighted by atomic mass is 35.5. The maximum atomic E-state index is 12.7. The Kier molecular flexibility index (Phi) is 7.68. The number of sulfonamides is 1. The average Bonchev–Trinajstić information content (AvgIpc) is 2.63. The van der Waals surface area contributed by atoms with Gasteiger partial charge in [0, 0.05) is 31.5 Å². The van der Waals surface area contributed by atoms with Crippen molar-refractivity contribution in [3.63, 3.8) is 0 Å². The lowest BCUT2D eigenvalue weighted by atomic mass is 9.96. The molecule has 1 amide bonds. The van der Waals surface area contributed by atoms with Gasteiger partial charge in [-0.2, -0.15) is 0 Å². The van der Waals surface area contributed by atoms with Crippen LogP contribution in [0, 0.1) is 0 Å². The SMILES string of the molecule is CN(CCOc1ccc(Cl)cc1)S(=O)(=O)CC1(OC(=O)NO)CCOCC1. The van der Waals surface area contributed by atoms with Crippen molar-refractivity contribution in [2.24, 2.45) is 0 Å². The minimum absolute atomic E-state index is 0.115. The number of benzene rings is 1. The van der Waals surface area contributed by atoms with Crippen LogP contribution in [0.1, 0.15) is 12.8 Å². The van der Waals surface area contributed by atoms with Gasteiger partial charge in [-0.3, -0.25) is 5.21 Å². The highest BCUT2D eigenvalue weighted by molar-refractivity contribution is 7.89. The van der Waals surface area contributed by atoms with Crippen molar-refractivity contribution >= 4 is 27.7 Å². The number of hydrogen-bond acceptors (Lipinski definition) is 7. The third kappa shape index (κ3) is 6.51. The van der Waals surface area contributed by atoms with Gasteiger partial charge in [-0.1, -0.05) is 11.6 Å². The fraction of sp³-hybridized carbons (Fsp3) is 0.562. The molecule has 2 rings (SSSR count). The number of carbonyl (C=O) groups excluding carboxylic acids is 1. The summed E-state index contributed by atoms with van der Waals surface area (Å²) in [5.41, 5.74) is 0.114. The second-order valence-electron chi connectivity index (χ2n) is 6.18. The van der Waals surface area contributed by atoms with Crippen molar-refractivity contribution in [2.75, 3.05) is 39.2 Å². The third-order valence-corrected chi connectivity index (χ3v) is 6.49. The topological polar surface area (TPSA) is 114 Å². The van der Waals surface area contributed by atoms with E-state index in [-0.39, 0.29) is 39.2 Å². The molecule has 152 valence electrons. The maximum Gasteiger partial charge on any atom is 0.431 e. The first-order valence-corrected chi connectivity index (χ1v) is 10.3. The highest BCUT2D eigenvalue weighted by Gasteiger charge is 2.42. The van der Waals surface area contributed by atoms with Gasteiger partial charge in [0.15, 0.2) is 0 Å². The number of carbonyl (C=O) groups is 1. The summed E-state index contributed by atoms with van der Waals surface area (Å²) in [5, 5.41) is 9.27. The molecule has 27 heavy (non-hydrogen) atoms. The van der Waals surface area contributed by atoms with E-state index < -0.39 is 27.5 Å². The van der Waals surface area contributed by atoms with Crippen LogP contribution < -0.4 is 10.2 Å². The Labute approximate surface area is 163 Å². The van der Waals surface area contributed by atoms with Gasteiger partial charge in [0.2, 0.25) is 10.0 Å². The first kappa shape index (κ1) is 21.7. The summed E-state index contributed by atoms with van der Waals surface area (Å²) in [6.45, 7) is 0.782. The van der Waals surface area contributed by atoms with E-state index in [9.17, 15) is 13.2 Å². The highest BCUT2D eigenvalue weighted by Crippen LogP contribution is 2.28. The Morgan fingerprint density at radius 3 is 2.56 bits per heavy atom. The van der Waals surface area contributed by atoms with Crippen molar-refractivity contribution in [3.8, 4) is 5.75 Å². The monoisotopic (exact) mass is 422 g/mol. The lowest BCUT2D eigenvalue weighted by Gasteiger charge is -2.36. The molecule has 0 aromatic heterocycles. The van der Waals surface area contributed by atoms with Gasteiger partial charge in [0.1, 0.15) is 23.7 Å². The zero-order valence-electron chi connectivity index (χ0n) is 14.9. The lowest BCUT2D eigenvalue weighted by molar-refractivity contribution is -0.0662. The van der Waals surface area contributed by atoms with Crippen LogP contribution in [-0.2, 0) is 19.5 Å². The largest absolute Gasteiger partial charge is 0.492 e. The van der Waals surface area contributed by atoms with Crippen molar-refractivity contribution in [1.82, 2.24) is 9.79 Å². The van der Waals surface area contributed by atoms with Gasteiger partial charge in [-0.05, 0) is 24.3 Å². The van der Waals surface area contributed by atoms with Gasteiger partial charge >= 0.3 is 6.09 Å². The molecule has 0 atom stereocenters. The van der Waals surface area contributed by atoms with E-state index >= 15 is 0 Å². The Bertz CT molecular complexity index is 721. The van der Waals surface area contributed by atoms with Crippen LogP contribution in [0.3, 0.4) is 0 Å². The van der Waals surface area contributed by atoms with E-state index in [4.69, 9.17) is 31.0 Å². The molecule has 1 fully saturated rings. The second kappa shape index (κ2) is 9.56. The smallest absolute Gasteiger partial charge is 0.431 e. The molecule has 11 heteroatoms. The summed E-state index contributed by atoms with van der Waals surface area (Å²) in [5.74, 6) is 0.169. The predicted octanol–water partition coefficient (Wildman–Crippen LogP) is 1.64. The number of rotatable bonds is 8. The molecular weight excluding hydrogens is 400 g/mol. The molecule has 9 nitrogen and oxygen atoms in total. The molecule has 1 saturated heterocycles. The zero-order chi connectivity index (χ0) is 19.9. The number of ether oxygens (including phenoxy) is 3. The summed E-state index contributed by atoms with van der Waals surface area (Å²) in [6.07, 6.45) is -0.662. The summed E-state index contributed by atoms with van der Waals surface area (Å²) in [4.78, 5) is 11.4. The molecule has 0 aliphatic carbocycles.